The number of unbranched alkanes of at least 4 members (excludes halogenated alkanes) is 32. The summed E-state index contributed by atoms with van der Waals surface area (Å²) < 4.78 is 17.0. The van der Waals surface area contributed by atoms with Crippen LogP contribution in [-0.4, -0.2) is 37.2 Å². The van der Waals surface area contributed by atoms with Gasteiger partial charge in [-0.2, -0.15) is 0 Å². The number of hydrogen-bond donors (Lipinski definition) is 0. The maximum absolute atomic E-state index is 13.0. The van der Waals surface area contributed by atoms with Gasteiger partial charge in [-0.3, -0.25) is 14.4 Å². The minimum absolute atomic E-state index is 0.0856. The first-order valence-electron chi connectivity index (χ1n) is 35.0. The Morgan fingerprint density at radius 2 is 0.470 bits per heavy atom. The van der Waals surface area contributed by atoms with E-state index in [1.165, 1.54) is 167 Å². The quantitative estimate of drug-likeness (QED) is 0.0261. The van der Waals surface area contributed by atoms with Crippen molar-refractivity contribution in [2.24, 2.45) is 0 Å². The summed E-state index contributed by atoms with van der Waals surface area (Å²) in [5.74, 6) is -0.891. The molecule has 0 aliphatic rings. The lowest BCUT2D eigenvalue weighted by Crippen LogP contribution is -2.30. The van der Waals surface area contributed by atoms with Crippen LogP contribution in [0.5, 0.6) is 0 Å². The smallest absolute Gasteiger partial charge is 0.306 e. The normalized spacial score (nSPS) is 12.9. The van der Waals surface area contributed by atoms with Gasteiger partial charge in [0.25, 0.3) is 0 Å². The maximum Gasteiger partial charge on any atom is 0.306 e. The second-order valence-electron chi connectivity index (χ2n) is 23.0. The fourth-order valence-corrected chi connectivity index (χ4v) is 9.75. The topological polar surface area (TPSA) is 78.9 Å². The van der Waals surface area contributed by atoms with Crippen LogP contribution in [0.25, 0.3) is 0 Å². The summed E-state index contributed by atoms with van der Waals surface area (Å²) in [7, 11) is 0. The predicted octanol–water partition coefficient (Wildman–Crippen LogP) is 24.3. The van der Waals surface area contributed by atoms with Gasteiger partial charge in [0.05, 0.1) is 0 Å². The Labute approximate surface area is 513 Å². The van der Waals surface area contributed by atoms with Crippen molar-refractivity contribution in [1.29, 1.82) is 0 Å². The van der Waals surface area contributed by atoms with Gasteiger partial charge in [-0.1, -0.05) is 303 Å². The van der Waals surface area contributed by atoms with E-state index in [0.717, 1.165) is 122 Å². The molecule has 0 aromatic heterocycles. The van der Waals surface area contributed by atoms with Crippen LogP contribution in [0, 0.1) is 0 Å². The Bertz CT molecular complexity index is 1700. The third-order valence-corrected chi connectivity index (χ3v) is 14.9. The van der Waals surface area contributed by atoms with Gasteiger partial charge < -0.3 is 14.2 Å². The van der Waals surface area contributed by atoms with Crippen LogP contribution in [0.2, 0.25) is 0 Å². The van der Waals surface area contributed by atoms with Crippen molar-refractivity contribution in [1.82, 2.24) is 0 Å². The second kappa shape index (κ2) is 70.3. The first-order valence-corrected chi connectivity index (χ1v) is 35.0. The molecule has 0 saturated heterocycles. The third-order valence-electron chi connectivity index (χ3n) is 14.9. The first kappa shape index (κ1) is 78.8. The summed E-state index contributed by atoms with van der Waals surface area (Å²) in [6.45, 7) is 6.43. The van der Waals surface area contributed by atoms with Crippen molar-refractivity contribution >= 4 is 17.9 Å². The van der Waals surface area contributed by atoms with Crippen LogP contribution < -0.4 is 0 Å². The molecule has 0 bridgehead atoms. The Kier molecular flexibility index (Phi) is 66.7. The van der Waals surface area contributed by atoms with Crippen molar-refractivity contribution in [3.63, 3.8) is 0 Å². The minimum atomic E-state index is -0.792. The molecule has 1 unspecified atom stereocenters. The number of carbonyl (C=O) groups excluding carboxylic acids is 3. The third kappa shape index (κ3) is 68.5. The molecule has 0 rings (SSSR count). The van der Waals surface area contributed by atoms with Gasteiger partial charge in [0.2, 0.25) is 0 Å². The van der Waals surface area contributed by atoms with Crippen molar-refractivity contribution in [3.05, 3.63) is 122 Å². The van der Waals surface area contributed by atoms with E-state index in [-0.39, 0.29) is 31.1 Å². The summed E-state index contributed by atoms with van der Waals surface area (Å²) in [4.78, 5) is 38.5. The molecule has 0 spiro atoms. The SMILES string of the molecule is CC/C=C\C/C=C\C/C=C\C/C=C\C/C=C\CCCCCCCCCC(=O)OC(COC(=O)CCCCCCCCC/C=C\CCCCCCCC)COC(=O)CCCCCCCCCCCCCC/C=C\C/C=C\C/C=C\C/C=C\CC. The molecule has 0 heterocycles. The number of esters is 3. The van der Waals surface area contributed by atoms with Crippen LogP contribution in [0.15, 0.2) is 122 Å². The van der Waals surface area contributed by atoms with Gasteiger partial charge in [-0.05, 0) is 128 Å². The molecule has 0 fully saturated rings. The fraction of sp³-hybridized carbons (Fsp3) is 0.701. The van der Waals surface area contributed by atoms with Crippen molar-refractivity contribution in [2.45, 2.75) is 335 Å². The zero-order valence-electron chi connectivity index (χ0n) is 54.4. The molecule has 1 atom stereocenters. The molecule has 0 aliphatic heterocycles. The van der Waals surface area contributed by atoms with Crippen LogP contribution >= 0.6 is 0 Å². The lowest BCUT2D eigenvalue weighted by molar-refractivity contribution is -0.167. The molecule has 0 amide bonds. The van der Waals surface area contributed by atoms with Crippen LogP contribution in [0.4, 0.5) is 0 Å². The molecule has 83 heavy (non-hydrogen) atoms. The molecule has 0 N–H and O–H groups in total. The van der Waals surface area contributed by atoms with E-state index in [9.17, 15) is 14.4 Å². The maximum atomic E-state index is 13.0. The van der Waals surface area contributed by atoms with E-state index in [4.69, 9.17) is 14.2 Å². The number of allylic oxidation sites excluding steroid dienone is 20. The minimum Gasteiger partial charge on any atom is -0.462 e. The van der Waals surface area contributed by atoms with Gasteiger partial charge in [-0.25, -0.2) is 0 Å². The summed E-state index contributed by atoms with van der Waals surface area (Å²) in [5.41, 5.74) is 0. The van der Waals surface area contributed by atoms with Crippen LogP contribution in [0.1, 0.15) is 329 Å². The monoisotopic (exact) mass is 1150 g/mol. The lowest BCUT2D eigenvalue weighted by Gasteiger charge is -2.18. The molecule has 6 nitrogen and oxygen atoms in total. The van der Waals surface area contributed by atoms with E-state index in [0.29, 0.717) is 19.3 Å². The van der Waals surface area contributed by atoms with E-state index in [1.54, 1.807) is 0 Å². The highest BCUT2D eigenvalue weighted by Crippen LogP contribution is 2.17. The number of rotatable bonds is 63. The summed E-state index contributed by atoms with van der Waals surface area (Å²) in [6.07, 6.45) is 97.8. The highest BCUT2D eigenvalue weighted by Gasteiger charge is 2.19. The first-order chi connectivity index (χ1) is 41.0. The Hall–Kier alpha value is -4.19. The molecule has 0 aromatic carbocycles. The molecule has 0 aromatic rings. The zero-order valence-corrected chi connectivity index (χ0v) is 54.4. The molecule has 474 valence electrons. The number of hydrogen-bond acceptors (Lipinski definition) is 6. The van der Waals surface area contributed by atoms with Crippen LogP contribution in [-0.2, 0) is 28.6 Å². The van der Waals surface area contributed by atoms with E-state index in [2.05, 4.69) is 142 Å². The summed E-state index contributed by atoms with van der Waals surface area (Å²) in [5, 5.41) is 0. The van der Waals surface area contributed by atoms with E-state index < -0.39 is 6.10 Å². The average molecular weight is 1150 g/mol. The Morgan fingerprint density at radius 1 is 0.253 bits per heavy atom. The molecule has 0 saturated carbocycles. The standard InChI is InChI=1S/C77H130O6/c1-4-7-10-13-16-19-22-25-28-31-33-35-37-38-40-41-43-46-49-52-55-58-61-64-67-70-76(79)82-73-74(72-81-75(78)69-66-63-60-57-54-51-48-45-30-27-24-21-18-15-12-9-6-3)83-77(80)71-68-65-62-59-56-53-50-47-44-42-39-36-34-32-29-26-23-20-17-14-11-8-5-2/h7-8,10-11,16-17,19-20,25-30,33-36,42,44,74H,4-6,9,12-15,18,21-24,31-32,37-41,43,45-73H2,1-3H3/b10-7-,11-8-,19-16-,20-17-,28-25-,29-26-,30-27-,35-33-,36-34-,44-42-. The second-order valence-corrected chi connectivity index (χ2v) is 23.0. The molecule has 6 heteroatoms. The van der Waals surface area contributed by atoms with Gasteiger partial charge in [0.1, 0.15) is 13.2 Å². The predicted molar refractivity (Wildman–Crippen MR) is 362 cm³/mol. The average Bonchev–Trinajstić information content (AvgIpc) is 3.49. The summed E-state index contributed by atoms with van der Waals surface area (Å²) in [6, 6.07) is 0. The van der Waals surface area contributed by atoms with Crippen LogP contribution in [0.3, 0.4) is 0 Å². The molecular weight excluding hydrogens is 1020 g/mol. The lowest BCUT2D eigenvalue weighted by atomic mass is 10.0. The molecule has 0 radical (unpaired) electrons. The van der Waals surface area contributed by atoms with Crippen molar-refractivity contribution < 1.29 is 28.6 Å². The number of ether oxygens (including phenoxy) is 3. The van der Waals surface area contributed by atoms with Gasteiger partial charge in [0, 0.05) is 19.3 Å². The Balaban J connectivity index is 4.39. The largest absolute Gasteiger partial charge is 0.462 e. The van der Waals surface area contributed by atoms with E-state index >= 15 is 0 Å². The molecular formula is C77H130O6. The fourth-order valence-electron chi connectivity index (χ4n) is 9.75. The Morgan fingerprint density at radius 3 is 0.747 bits per heavy atom. The van der Waals surface area contributed by atoms with Gasteiger partial charge in [-0.15, -0.1) is 0 Å². The summed E-state index contributed by atoms with van der Waals surface area (Å²) >= 11 is 0. The highest BCUT2D eigenvalue weighted by molar-refractivity contribution is 5.71. The van der Waals surface area contributed by atoms with E-state index in [1.807, 2.05) is 0 Å². The van der Waals surface area contributed by atoms with Crippen molar-refractivity contribution in [2.75, 3.05) is 13.2 Å². The van der Waals surface area contributed by atoms with Crippen molar-refractivity contribution in [3.8, 4) is 0 Å². The zero-order chi connectivity index (χ0) is 59.9. The highest BCUT2D eigenvalue weighted by atomic mass is 16.6. The van der Waals surface area contributed by atoms with Gasteiger partial charge >= 0.3 is 17.9 Å². The number of carbonyl (C=O) groups is 3. The molecule has 0 aliphatic carbocycles. The van der Waals surface area contributed by atoms with Gasteiger partial charge in [0.15, 0.2) is 6.10 Å².